The number of nitrogens with two attached hydrogens (primary N) is 1. The highest BCUT2D eigenvalue weighted by Gasteiger charge is 1.96. The van der Waals surface area contributed by atoms with Gasteiger partial charge in [0.05, 0.1) is 0 Å². The summed E-state index contributed by atoms with van der Waals surface area (Å²) in [5, 5.41) is 0. The molecular weight excluding hydrogens is 184 g/mol. The molecule has 0 unspecified atom stereocenters. The second-order valence-corrected chi connectivity index (χ2v) is 4.27. The number of rotatable bonds is 6. The molecule has 0 aliphatic rings. The normalized spacial score (nSPS) is 10.9. The minimum absolute atomic E-state index is 0.737. The average Bonchev–Trinajstić information content (AvgIpc) is 2.18. The Kier molecular flexibility index (Phi) is 5.37. The summed E-state index contributed by atoms with van der Waals surface area (Å²) >= 11 is 0. The molecule has 84 valence electrons. The molecule has 0 amide bonds. The lowest BCUT2D eigenvalue weighted by Crippen LogP contribution is -2.13. The average molecular weight is 206 g/mol. The van der Waals surface area contributed by atoms with Gasteiger partial charge in [0.2, 0.25) is 0 Å². The van der Waals surface area contributed by atoms with Crippen molar-refractivity contribution in [3.8, 4) is 0 Å². The monoisotopic (exact) mass is 206 g/mol. The van der Waals surface area contributed by atoms with Crippen molar-refractivity contribution in [1.29, 1.82) is 0 Å². The molecule has 1 aromatic carbocycles. The zero-order valence-electron chi connectivity index (χ0n) is 9.87. The lowest BCUT2D eigenvalue weighted by atomic mass is 10.0. The summed E-state index contributed by atoms with van der Waals surface area (Å²) in [5.41, 5.74) is 8.34. The molecule has 0 bridgehead atoms. The Hall–Kier alpha value is -0.860. The van der Waals surface area contributed by atoms with Crippen LogP contribution in [-0.2, 0) is 12.8 Å². The fourth-order valence-electron chi connectivity index (χ4n) is 1.71. The van der Waals surface area contributed by atoms with E-state index in [0.29, 0.717) is 0 Å². The molecule has 0 aliphatic carbocycles. The Bertz CT molecular complexity index is 282. The highest BCUT2D eigenvalue weighted by atomic mass is 15.0. The third-order valence-electron chi connectivity index (χ3n) is 2.50. The van der Waals surface area contributed by atoms with E-state index in [-0.39, 0.29) is 0 Å². The maximum atomic E-state index is 5.54. The van der Waals surface area contributed by atoms with Gasteiger partial charge in [0.25, 0.3) is 0 Å². The molecule has 1 rings (SSSR count). The van der Waals surface area contributed by atoms with Gasteiger partial charge in [-0.1, -0.05) is 24.3 Å². The second kappa shape index (κ2) is 6.59. The first-order valence-electron chi connectivity index (χ1n) is 5.65. The van der Waals surface area contributed by atoms with Crippen LogP contribution in [0.15, 0.2) is 24.3 Å². The fourth-order valence-corrected chi connectivity index (χ4v) is 1.71. The van der Waals surface area contributed by atoms with Crippen LogP contribution in [0.25, 0.3) is 0 Å². The molecule has 0 spiro atoms. The molecule has 0 fully saturated rings. The number of aryl methyl sites for hydroxylation is 1. The molecule has 0 radical (unpaired) electrons. The van der Waals surface area contributed by atoms with Crippen molar-refractivity contribution in [1.82, 2.24) is 4.90 Å². The van der Waals surface area contributed by atoms with Crippen LogP contribution >= 0.6 is 0 Å². The van der Waals surface area contributed by atoms with Crippen molar-refractivity contribution >= 4 is 0 Å². The van der Waals surface area contributed by atoms with Crippen molar-refractivity contribution in [2.75, 3.05) is 27.2 Å². The molecule has 15 heavy (non-hydrogen) atoms. The molecule has 2 nitrogen and oxygen atoms in total. The van der Waals surface area contributed by atoms with Crippen LogP contribution in [0, 0.1) is 0 Å². The van der Waals surface area contributed by atoms with E-state index in [9.17, 15) is 0 Å². The summed E-state index contributed by atoms with van der Waals surface area (Å²) in [4.78, 5) is 2.23. The van der Waals surface area contributed by atoms with E-state index in [1.165, 1.54) is 17.5 Å². The zero-order chi connectivity index (χ0) is 11.1. The highest BCUT2D eigenvalue weighted by Crippen LogP contribution is 2.08. The Morgan fingerprint density at radius 2 is 1.80 bits per heavy atom. The van der Waals surface area contributed by atoms with Gasteiger partial charge in [0.15, 0.2) is 0 Å². The summed E-state index contributed by atoms with van der Waals surface area (Å²) in [6.07, 6.45) is 3.37. The molecule has 0 atom stereocenters. The van der Waals surface area contributed by atoms with Crippen LogP contribution in [0.1, 0.15) is 17.5 Å². The third kappa shape index (κ3) is 4.96. The Balaban J connectivity index is 2.43. The first-order chi connectivity index (χ1) is 7.22. The molecule has 0 aliphatic heterocycles. The minimum Gasteiger partial charge on any atom is -0.330 e. The van der Waals surface area contributed by atoms with E-state index in [1.807, 2.05) is 0 Å². The summed E-state index contributed by atoms with van der Waals surface area (Å²) in [7, 11) is 4.23. The predicted molar refractivity (Wildman–Crippen MR) is 66.1 cm³/mol. The third-order valence-corrected chi connectivity index (χ3v) is 2.50. The van der Waals surface area contributed by atoms with Crippen LogP contribution < -0.4 is 5.73 Å². The van der Waals surface area contributed by atoms with Crippen LogP contribution in [0.2, 0.25) is 0 Å². The van der Waals surface area contributed by atoms with Gasteiger partial charge in [-0.15, -0.1) is 0 Å². The maximum Gasteiger partial charge on any atom is -0.00217 e. The summed E-state index contributed by atoms with van der Waals surface area (Å²) in [6, 6.07) is 8.77. The van der Waals surface area contributed by atoms with E-state index < -0.39 is 0 Å². The summed E-state index contributed by atoms with van der Waals surface area (Å²) in [5.74, 6) is 0. The molecule has 0 aromatic heterocycles. The fraction of sp³-hybridized carbons (Fsp3) is 0.538. The van der Waals surface area contributed by atoms with Gasteiger partial charge in [0.1, 0.15) is 0 Å². The van der Waals surface area contributed by atoms with Crippen LogP contribution in [0.3, 0.4) is 0 Å². The topological polar surface area (TPSA) is 29.3 Å². The second-order valence-electron chi connectivity index (χ2n) is 4.27. The van der Waals surface area contributed by atoms with E-state index in [4.69, 9.17) is 5.73 Å². The van der Waals surface area contributed by atoms with Crippen molar-refractivity contribution in [3.05, 3.63) is 35.4 Å². The van der Waals surface area contributed by atoms with Gasteiger partial charge in [0, 0.05) is 0 Å². The van der Waals surface area contributed by atoms with Gasteiger partial charge in [-0.2, -0.15) is 0 Å². The molecule has 0 saturated carbocycles. The van der Waals surface area contributed by atoms with Crippen molar-refractivity contribution in [3.63, 3.8) is 0 Å². The van der Waals surface area contributed by atoms with Gasteiger partial charge in [-0.05, 0) is 57.6 Å². The van der Waals surface area contributed by atoms with E-state index in [0.717, 1.165) is 25.9 Å². The quantitative estimate of drug-likeness (QED) is 0.767. The van der Waals surface area contributed by atoms with E-state index in [1.54, 1.807) is 0 Å². The lowest BCUT2D eigenvalue weighted by Gasteiger charge is -2.09. The Morgan fingerprint density at radius 1 is 1.13 bits per heavy atom. The minimum atomic E-state index is 0.737. The standard InChI is InChI=1S/C13H22N2/c1-15(2)10-4-7-12-5-3-6-13(11-12)8-9-14/h3,5-6,11H,4,7-10,14H2,1-2H3. The first-order valence-corrected chi connectivity index (χ1v) is 5.65. The maximum absolute atomic E-state index is 5.54. The number of hydrogen-bond donors (Lipinski definition) is 1. The molecule has 1 aromatic rings. The SMILES string of the molecule is CN(C)CCCc1cccc(CCN)c1. The van der Waals surface area contributed by atoms with Gasteiger partial charge in [-0.3, -0.25) is 0 Å². The molecule has 2 heteroatoms. The van der Waals surface area contributed by atoms with Gasteiger partial charge < -0.3 is 10.6 Å². The Morgan fingerprint density at radius 3 is 2.40 bits per heavy atom. The smallest absolute Gasteiger partial charge is 0.00217 e. The van der Waals surface area contributed by atoms with E-state index >= 15 is 0 Å². The lowest BCUT2D eigenvalue weighted by molar-refractivity contribution is 0.400. The first kappa shape index (κ1) is 12.2. The van der Waals surface area contributed by atoms with Crippen LogP contribution in [0.5, 0.6) is 0 Å². The predicted octanol–water partition coefficient (Wildman–Crippen LogP) is 1.68. The van der Waals surface area contributed by atoms with Crippen molar-refractivity contribution < 1.29 is 0 Å². The largest absolute Gasteiger partial charge is 0.330 e. The summed E-state index contributed by atoms with van der Waals surface area (Å²) in [6.45, 7) is 1.89. The molecular formula is C13H22N2. The van der Waals surface area contributed by atoms with Gasteiger partial charge >= 0.3 is 0 Å². The van der Waals surface area contributed by atoms with Crippen molar-refractivity contribution in [2.24, 2.45) is 5.73 Å². The van der Waals surface area contributed by atoms with Gasteiger partial charge in [-0.25, -0.2) is 0 Å². The zero-order valence-corrected chi connectivity index (χ0v) is 9.87. The molecule has 0 heterocycles. The molecule has 2 N–H and O–H groups in total. The number of benzene rings is 1. The number of hydrogen-bond acceptors (Lipinski definition) is 2. The van der Waals surface area contributed by atoms with Crippen molar-refractivity contribution in [2.45, 2.75) is 19.3 Å². The summed E-state index contributed by atoms with van der Waals surface area (Å²) < 4.78 is 0. The Labute approximate surface area is 93.1 Å². The van der Waals surface area contributed by atoms with Crippen LogP contribution in [0.4, 0.5) is 0 Å². The van der Waals surface area contributed by atoms with E-state index in [2.05, 4.69) is 43.3 Å². The number of nitrogens with zero attached hydrogens (tertiary/aromatic N) is 1. The van der Waals surface area contributed by atoms with Crippen LogP contribution in [-0.4, -0.2) is 32.1 Å². The molecule has 0 saturated heterocycles. The highest BCUT2D eigenvalue weighted by molar-refractivity contribution is 5.23.